The summed E-state index contributed by atoms with van der Waals surface area (Å²) in [5.41, 5.74) is 6.81. The summed E-state index contributed by atoms with van der Waals surface area (Å²) in [4.78, 5) is 2.58. The van der Waals surface area contributed by atoms with Crippen LogP contribution in [0.1, 0.15) is 39.5 Å². The van der Waals surface area contributed by atoms with Gasteiger partial charge in [-0.15, -0.1) is 0 Å². The molecular weight excluding hydrogens is 228 g/mol. The summed E-state index contributed by atoms with van der Waals surface area (Å²) >= 11 is 2.10. The first-order chi connectivity index (χ1) is 8.00. The lowest BCUT2D eigenvalue weighted by atomic mass is 9.68. The van der Waals surface area contributed by atoms with Gasteiger partial charge in [0.25, 0.3) is 0 Å². The minimum absolute atomic E-state index is 0.341. The maximum absolute atomic E-state index is 6.47. The normalized spacial score (nSPS) is 37.6. The van der Waals surface area contributed by atoms with Gasteiger partial charge in [-0.2, -0.15) is 11.8 Å². The minimum Gasteiger partial charge on any atom is -0.327 e. The summed E-state index contributed by atoms with van der Waals surface area (Å²) in [6.45, 7) is 5.89. The summed E-state index contributed by atoms with van der Waals surface area (Å²) in [7, 11) is 2.30. The lowest BCUT2D eigenvalue weighted by Gasteiger charge is -2.43. The summed E-state index contributed by atoms with van der Waals surface area (Å²) in [6.07, 6.45) is 5.35. The monoisotopic (exact) mass is 256 g/mol. The number of nitrogens with zero attached hydrogens (tertiary/aromatic N) is 1. The second-order valence-electron chi connectivity index (χ2n) is 6.62. The molecule has 0 amide bonds. The summed E-state index contributed by atoms with van der Waals surface area (Å²) in [5.74, 6) is 3.37. The lowest BCUT2D eigenvalue weighted by Crippen LogP contribution is -2.51. The Bertz CT molecular complexity index is 249. The van der Waals surface area contributed by atoms with Crippen LogP contribution < -0.4 is 5.73 Å². The molecule has 2 rings (SSSR count). The Kier molecular flexibility index (Phi) is 4.43. The SMILES string of the molecule is CN(CC1CCCC(C)(C)C1N)C1CCSC1. The Balaban J connectivity index is 1.89. The van der Waals surface area contributed by atoms with Gasteiger partial charge in [0.15, 0.2) is 0 Å². The van der Waals surface area contributed by atoms with Crippen molar-refractivity contribution in [2.24, 2.45) is 17.1 Å². The highest BCUT2D eigenvalue weighted by atomic mass is 32.2. The van der Waals surface area contributed by atoms with Gasteiger partial charge in [-0.05, 0) is 43.4 Å². The van der Waals surface area contributed by atoms with Crippen LogP contribution in [0.3, 0.4) is 0 Å². The highest BCUT2D eigenvalue weighted by molar-refractivity contribution is 7.99. The first-order valence-corrected chi connectivity index (χ1v) is 8.20. The van der Waals surface area contributed by atoms with Crippen molar-refractivity contribution in [1.29, 1.82) is 0 Å². The second kappa shape index (κ2) is 5.50. The van der Waals surface area contributed by atoms with Crippen LogP contribution in [0.25, 0.3) is 0 Å². The van der Waals surface area contributed by atoms with Crippen LogP contribution in [-0.2, 0) is 0 Å². The van der Waals surface area contributed by atoms with Gasteiger partial charge in [-0.3, -0.25) is 0 Å². The fourth-order valence-electron chi connectivity index (χ4n) is 3.40. The molecule has 0 radical (unpaired) electrons. The van der Waals surface area contributed by atoms with Gasteiger partial charge in [-0.1, -0.05) is 20.3 Å². The van der Waals surface area contributed by atoms with Crippen LogP contribution in [0.15, 0.2) is 0 Å². The van der Waals surface area contributed by atoms with E-state index in [9.17, 15) is 0 Å². The Hall–Kier alpha value is 0.270. The van der Waals surface area contributed by atoms with Crippen molar-refractivity contribution < 1.29 is 0 Å². The van der Waals surface area contributed by atoms with Gasteiger partial charge in [0.05, 0.1) is 0 Å². The van der Waals surface area contributed by atoms with Crippen LogP contribution >= 0.6 is 11.8 Å². The van der Waals surface area contributed by atoms with Gasteiger partial charge in [0.1, 0.15) is 0 Å². The zero-order valence-electron chi connectivity index (χ0n) is 11.6. The molecule has 17 heavy (non-hydrogen) atoms. The molecule has 3 unspecified atom stereocenters. The standard InChI is InChI=1S/C14H28N2S/c1-14(2)7-4-5-11(13(14)15)9-16(3)12-6-8-17-10-12/h11-13H,4-10,15H2,1-3H3. The van der Waals surface area contributed by atoms with E-state index < -0.39 is 0 Å². The molecule has 3 heteroatoms. The molecule has 0 aromatic rings. The van der Waals surface area contributed by atoms with Crippen LogP contribution in [0.5, 0.6) is 0 Å². The van der Waals surface area contributed by atoms with Gasteiger partial charge < -0.3 is 10.6 Å². The van der Waals surface area contributed by atoms with Crippen LogP contribution in [0, 0.1) is 11.3 Å². The number of nitrogens with two attached hydrogens (primary N) is 1. The zero-order valence-corrected chi connectivity index (χ0v) is 12.4. The molecule has 2 N–H and O–H groups in total. The average Bonchev–Trinajstić information content (AvgIpc) is 2.78. The molecule has 0 bridgehead atoms. The van der Waals surface area contributed by atoms with Gasteiger partial charge in [0, 0.05) is 24.4 Å². The molecular formula is C14H28N2S. The third-order valence-corrected chi connectivity index (χ3v) is 6.00. The first kappa shape index (κ1) is 13.7. The maximum atomic E-state index is 6.47. The number of hydrogen-bond acceptors (Lipinski definition) is 3. The molecule has 0 spiro atoms. The van der Waals surface area contributed by atoms with E-state index in [0.29, 0.717) is 17.4 Å². The summed E-state index contributed by atoms with van der Waals surface area (Å²) in [6, 6.07) is 1.19. The van der Waals surface area contributed by atoms with Crippen LogP contribution in [0.4, 0.5) is 0 Å². The van der Waals surface area contributed by atoms with Gasteiger partial charge in [-0.25, -0.2) is 0 Å². The van der Waals surface area contributed by atoms with E-state index >= 15 is 0 Å². The van der Waals surface area contributed by atoms with Crippen molar-refractivity contribution in [3.8, 4) is 0 Å². The van der Waals surface area contributed by atoms with E-state index in [-0.39, 0.29) is 0 Å². The molecule has 2 nitrogen and oxygen atoms in total. The molecule has 2 aliphatic rings. The quantitative estimate of drug-likeness (QED) is 0.841. The Labute approximate surface area is 111 Å². The predicted octanol–water partition coefficient (Wildman–Crippen LogP) is 2.58. The molecule has 2 fully saturated rings. The highest BCUT2D eigenvalue weighted by Gasteiger charge is 2.37. The van der Waals surface area contributed by atoms with E-state index in [1.165, 1.54) is 43.7 Å². The molecule has 0 aromatic carbocycles. The molecule has 100 valence electrons. The third-order valence-electron chi connectivity index (χ3n) is 4.86. The fraction of sp³-hybridized carbons (Fsp3) is 1.00. The second-order valence-corrected chi connectivity index (χ2v) is 7.77. The maximum Gasteiger partial charge on any atom is 0.0191 e. The molecule has 1 aliphatic heterocycles. The van der Waals surface area contributed by atoms with Crippen molar-refractivity contribution in [1.82, 2.24) is 4.90 Å². The van der Waals surface area contributed by atoms with Crippen LogP contribution in [-0.4, -0.2) is 42.1 Å². The fourth-order valence-corrected chi connectivity index (χ4v) is 4.70. The summed E-state index contributed by atoms with van der Waals surface area (Å²) < 4.78 is 0. The molecule has 0 aromatic heterocycles. The smallest absolute Gasteiger partial charge is 0.0191 e. The highest BCUT2D eigenvalue weighted by Crippen LogP contribution is 2.38. The largest absolute Gasteiger partial charge is 0.327 e. The molecule has 1 saturated carbocycles. The minimum atomic E-state index is 0.341. The molecule has 1 heterocycles. The average molecular weight is 256 g/mol. The van der Waals surface area contributed by atoms with E-state index in [1.54, 1.807) is 0 Å². The first-order valence-electron chi connectivity index (χ1n) is 7.04. The number of thioether (sulfide) groups is 1. The van der Waals surface area contributed by atoms with Gasteiger partial charge in [0.2, 0.25) is 0 Å². The van der Waals surface area contributed by atoms with Crippen molar-refractivity contribution in [3.63, 3.8) is 0 Å². The predicted molar refractivity (Wildman–Crippen MR) is 77.5 cm³/mol. The van der Waals surface area contributed by atoms with Crippen LogP contribution in [0.2, 0.25) is 0 Å². The summed E-state index contributed by atoms with van der Waals surface area (Å²) in [5, 5.41) is 0. The van der Waals surface area contributed by atoms with Gasteiger partial charge >= 0.3 is 0 Å². The number of hydrogen-bond donors (Lipinski definition) is 1. The van der Waals surface area contributed by atoms with Crippen molar-refractivity contribution in [3.05, 3.63) is 0 Å². The van der Waals surface area contributed by atoms with Crippen molar-refractivity contribution in [2.75, 3.05) is 25.1 Å². The molecule has 1 aliphatic carbocycles. The number of rotatable bonds is 3. The van der Waals surface area contributed by atoms with E-state index in [4.69, 9.17) is 5.73 Å². The van der Waals surface area contributed by atoms with Crippen molar-refractivity contribution >= 4 is 11.8 Å². The molecule has 3 atom stereocenters. The van der Waals surface area contributed by atoms with Crippen molar-refractivity contribution in [2.45, 2.75) is 51.6 Å². The topological polar surface area (TPSA) is 29.3 Å². The zero-order chi connectivity index (χ0) is 12.5. The Morgan fingerprint density at radius 3 is 2.76 bits per heavy atom. The van der Waals surface area contributed by atoms with E-state index in [2.05, 4.69) is 37.6 Å². The molecule has 1 saturated heterocycles. The Morgan fingerprint density at radius 1 is 1.35 bits per heavy atom. The Morgan fingerprint density at radius 2 is 2.12 bits per heavy atom. The van der Waals surface area contributed by atoms with E-state index in [1.807, 2.05) is 0 Å². The third kappa shape index (κ3) is 3.18. The lowest BCUT2D eigenvalue weighted by molar-refractivity contribution is 0.1000. The van der Waals surface area contributed by atoms with E-state index in [0.717, 1.165) is 6.04 Å².